The number of amides is 2. The van der Waals surface area contributed by atoms with Crippen molar-refractivity contribution in [2.24, 2.45) is 0 Å². The van der Waals surface area contributed by atoms with Crippen molar-refractivity contribution >= 4 is 28.9 Å². The number of carbonyl (C=O) groups is 3. The third-order valence-electron chi connectivity index (χ3n) is 3.03. The van der Waals surface area contributed by atoms with Crippen LogP contribution in [0.25, 0.3) is 0 Å². The van der Waals surface area contributed by atoms with Crippen molar-refractivity contribution < 1.29 is 24.6 Å². The van der Waals surface area contributed by atoms with Gasteiger partial charge in [-0.2, -0.15) is 0 Å². The van der Waals surface area contributed by atoms with E-state index in [1.54, 1.807) is 0 Å². The molecule has 114 valence electrons. The fraction of sp³-hybridized carbons (Fsp3) is 0.750. The SMILES string of the molecule is CC(=O)N[C@@H](CSC(=O)NC1CCCC(O)C1)C(=O)O. The van der Waals surface area contributed by atoms with Gasteiger partial charge in [0.15, 0.2) is 0 Å². The zero-order chi connectivity index (χ0) is 15.1. The highest BCUT2D eigenvalue weighted by Crippen LogP contribution is 2.19. The van der Waals surface area contributed by atoms with Gasteiger partial charge in [0.1, 0.15) is 6.04 Å². The summed E-state index contributed by atoms with van der Waals surface area (Å²) < 4.78 is 0. The highest BCUT2D eigenvalue weighted by atomic mass is 32.2. The van der Waals surface area contributed by atoms with Crippen molar-refractivity contribution in [2.75, 3.05) is 5.75 Å². The van der Waals surface area contributed by atoms with Gasteiger partial charge in [-0.1, -0.05) is 11.8 Å². The number of aliphatic carboxylic acids is 1. The van der Waals surface area contributed by atoms with Gasteiger partial charge in [0.2, 0.25) is 5.91 Å². The summed E-state index contributed by atoms with van der Waals surface area (Å²) in [6.45, 7) is 1.23. The average molecular weight is 304 g/mol. The molecular weight excluding hydrogens is 284 g/mol. The van der Waals surface area contributed by atoms with Crippen LogP contribution in [0.1, 0.15) is 32.6 Å². The zero-order valence-corrected chi connectivity index (χ0v) is 12.1. The summed E-state index contributed by atoms with van der Waals surface area (Å²) >= 11 is 0.823. The molecule has 8 heteroatoms. The van der Waals surface area contributed by atoms with Crippen LogP contribution >= 0.6 is 11.8 Å². The second kappa shape index (κ2) is 8.11. The van der Waals surface area contributed by atoms with Crippen LogP contribution in [0.15, 0.2) is 0 Å². The molecule has 1 aliphatic carbocycles. The third kappa shape index (κ3) is 6.25. The summed E-state index contributed by atoms with van der Waals surface area (Å²) in [6, 6.07) is -1.15. The molecule has 0 saturated heterocycles. The second-order valence-corrected chi connectivity index (χ2v) is 5.84. The molecule has 7 nitrogen and oxygen atoms in total. The quantitative estimate of drug-likeness (QED) is 0.581. The molecule has 2 unspecified atom stereocenters. The smallest absolute Gasteiger partial charge is 0.327 e. The van der Waals surface area contributed by atoms with Gasteiger partial charge in [-0.25, -0.2) is 4.79 Å². The number of aliphatic hydroxyl groups is 1. The number of hydrogen-bond acceptors (Lipinski definition) is 5. The van der Waals surface area contributed by atoms with E-state index in [-0.39, 0.29) is 23.1 Å². The summed E-state index contributed by atoms with van der Waals surface area (Å²) in [7, 11) is 0. The number of aliphatic hydroxyl groups excluding tert-OH is 1. The first-order chi connectivity index (χ1) is 9.38. The van der Waals surface area contributed by atoms with Crippen LogP contribution < -0.4 is 10.6 Å². The molecule has 0 heterocycles. The normalized spacial score (nSPS) is 23.7. The Hall–Kier alpha value is -1.28. The Morgan fingerprint density at radius 1 is 1.35 bits per heavy atom. The van der Waals surface area contributed by atoms with E-state index in [1.165, 1.54) is 6.92 Å². The number of hydrogen-bond donors (Lipinski definition) is 4. The molecule has 1 fully saturated rings. The lowest BCUT2D eigenvalue weighted by molar-refractivity contribution is -0.140. The fourth-order valence-corrected chi connectivity index (χ4v) is 2.88. The van der Waals surface area contributed by atoms with Crippen molar-refractivity contribution in [3.63, 3.8) is 0 Å². The maximum atomic E-state index is 11.7. The van der Waals surface area contributed by atoms with E-state index in [1.807, 2.05) is 0 Å². The highest BCUT2D eigenvalue weighted by molar-refractivity contribution is 8.13. The van der Waals surface area contributed by atoms with E-state index < -0.39 is 17.9 Å². The summed E-state index contributed by atoms with van der Waals surface area (Å²) in [6.07, 6.45) is 2.58. The largest absolute Gasteiger partial charge is 0.480 e. The van der Waals surface area contributed by atoms with Gasteiger partial charge < -0.3 is 20.8 Å². The summed E-state index contributed by atoms with van der Waals surface area (Å²) in [5, 5.41) is 23.1. The third-order valence-corrected chi connectivity index (χ3v) is 3.91. The Bertz CT molecular complexity index is 377. The van der Waals surface area contributed by atoms with Crippen molar-refractivity contribution in [1.29, 1.82) is 0 Å². The molecule has 3 atom stereocenters. The molecule has 0 aromatic rings. The number of carboxylic acids is 1. The number of carboxylic acid groups (broad SMARTS) is 1. The van der Waals surface area contributed by atoms with E-state index in [0.717, 1.165) is 31.0 Å². The maximum absolute atomic E-state index is 11.7. The van der Waals surface area contributed by atoms with Crippen LogP contribution in [-0.2, 0) is 9.59 Å². The molecule has 0 aliphatic heterocycles. The first kappa shape index (κ1) is 16.8. The van der Waals surface area contributed by atoms with Crippen LogP contribution in [0, 0.1) is 0 Å². The molecule has 20 heavy (non-hydrogen) atoms. The fourth-order valence-electron chi connectivity index (χ4n) is 2.08. The Balaban J connectivity index is 2.33. The predicted molar refractivity (Wildman–Crippen MR) is 74.5 cm³/mol. The van der Waals surface area contributed by atoms with Crippen molar-refractivity contribution in [3.8, 4) is 0 Å². The minimum atomic E-state index is -1.17. The Morgan fingerprint density at radius 3 is 2.60 bits per heavy atom. The second-order valence-electron chi connectivity index (χ2n) is 4.85. The molecule has 0 aromatic heterocycles. The topological polar surface area (TPSA) is 116 Å². The number of thioether (sulfide) groups is 1. The van der Waals surface area contributed by atoms with E-state index in [9.17, 15) is 19.5 Å². The summed E-state index contributed by atoms with van der Waals surface area (Å²) in [4.78, 5) is 33.4. The number of rotatable bonds is 5. The van der Waals surface area contributed by atoms with Gasteiger partial charge >= 0.3 is 5.97 Å². The van der Waals surface area contributed by atoms with Crippen LogP contribution in [0.5, 0.6) is 0 Å². The zero-order valence-electron chi connectivity index (χ0n) is 11.3. The Morgan fingerprint density at radius 2 is 2.05 bits per heavy atom. The molecule has 0 spiro atoms. The standard InChI is InChI=1S/C12H20N2O5S/c1-7(15)13-10(11(17)18)6-20-12(19)14-8-3-2-4-9(16)5-8/h8-10,16H,2-6H2,1H3,(H,13,15)(H,14,19)(H,17,18)/t8?,9?,10-/m0/s1. The van der Waals surface area contributed by atoms with Crippen LogP contribution in [0.4, 0.5) is 4.79 Å². The van der Waals surface area contributed by atoms with Crippen molar-refractivity contribution in [1.82, 2.24) is 10.6 Å². The maximum Gasteiger partial charge on any atom is 0.327 e. The molecule has 4 N–H and O–H groups in total. The van der Waals surface area contributed by atoms with Gasteiger partial charge in [-0.05, 0) is 25.7 Å². The molecule has 0 aromatic carbocycles. The highest BCUT2D eigenvalue weighted by Gasteiger charge is 2.24. The lowest BCUT2D eigenvalue weighted by atomic mass is 9.93. The molecular formula is C12H20N2O5S. The van der Waals surface area contributed by atoms with Crippen LogP contribution in [0.2, 0.25) is 0 Å². The monoisotopic (exact) mass is 304 g/mol. The summed E-state index contributed by atoms with van der Waals surface area (Å²) in [5.41, 5.74) is 0. The Labute approximate surface area is 121 Å². The molecule has 0 bridgehead atoms. The van der Waals surface area contributed by atoms with E-state index >= 15 is 0 Å². The Kier molecular flexibility index (Phi) is 6.80. The van der Waals surface area contributed by atoms with Gasteiger partial charge in [0, 0.05) is 18.7 Å². The molecule has 1 saturated carbocycles. The minimum absolute atomic E-state index is 0.0317. The van der Waals surface area contributed by atoms with Crippen LogP contribution in [0.3, 0.4) is 0 Å². The van der Waals surface area contributed by atoms with Crippen molar-refractivity contribution in [2.45, 2.75) is 50.8 Å². The van der Waals surface area contributed by atoms with Crippen molar-refractivity contribution in [3.05, 3.63) is 0 Å². The van der Waals surface area contributed by atoms with E-state index in [2.05, 4.69) is 10.6 Å². The van der Waals surface area contributed by atoms with Gasteiger partial charge in [0.25, 0.3) is 5.24 Å². The van der Waals surface area contributed by atoms with Gasteiger partial charge in [0.05, 0.1) is 6.10 Å². The van der Waals surface area contributed by atoms with Crippen LogP contribution in [-0.4, -0.2) is 51.3 Å². The predicted octanol–water partition coefficient (Wildman–Crippen LogP) is 0.322. The molecule has 2 amide bonds. The average Bonchev–Trinajstić information content (AvgIpc) is 2.33. The minimum Gasteiger partial charge on any atom is -0.480 e. The summed E-state index contributed by atoms with van der Waals surface area (Å²) in [5.74, 6) is -1.65. The number of carbonyl (C=O) groups excluding carboxylic acids is 2. The van der Waals surface area contributed by atoms with Gasteiger partial charge in [-0.15, -0.1) is 0 Å². The molecule has 0 radical (unpaired) electrons. The lowest BCUT2D eigenvalue weighted by Gasteiger charge is -2.26. The number of nitrogens with one attached hydrogen (secondary N) is 2. The molecule has 1 aliphatic rings. The lowest BCUT2D eigenvalue weighted by Crippen LogP contribution is -2.43. The molecule has 1 rings (SSSR count). The van der Waals surface area contributed by atoms with E-state index in [0.29, 0.717) is 6.42 Å². The van der Waals surface area contributed by atoms with E-state index in [4.69, 9.17) is 5.11 Å². The first-order valence-corrected chi connectivity index (χ1v) is 7.48. The first-order valence-electron chi connectivity index (χ1n) is 6.49. The van der Waals surface area contributed by atoms with Gasteiger partial charge in [-0.3, -0.25) is 9.59 Å².